The number of aryl methyl sites for hydroxylation is 1. The van der Waals surface area contributed by atoms with Crippen LogP contribution in [0.5, 0.6) is 5.75 Å². The molecule has 0 aliphatic heterocycles. The van der Waals surface area contributed by atoms with Crippen LogP contribution in [0.3, 0.4) is 0 Å². The van der Waals surface area contributed by atoms with Gasteiger partial charge in [-0.2, -0.15) is 13.2 Å². The number of pyridine rings is 1. The highest BCUT2D eigenvalue weighted by Crippen LogP contribution is 2.37. The topological polar surface area (TPSA) is 37.9 Å². The van der Waals surface area contributed by atoms with Gasteiger partial charge in [-0.3, -0.25) is 4.98 Å². The van der Waals surface area contributed by atoms with Gasteiger partial charge in [0.05, 0.1) is 28.4 Å². The zero-order valence-electron chi connectivity index (χ0n) is 18.0. The monoisotopic (exact) mass is 480 g/mol. The molecule has 0 amide bonds. The van der Waals surface area contributed by atoms with E-state index in [4.69, 9.17) is 16.3 Å². The molecule has 0 radical (unpaired) electrons. The van der Waals surface area contributed by atoms with Crippen molar-refractivity contribution in [2.24, 2.45) is 0 Å². The van der Waals surface area contributed by atoms with Gasteiger partial charge in [-0.15, -0.1) is 0 Å². The molecule has 0 atom stereocenters. The minimum atomic E-state index is -4.49. The summed E-state index contributed by atoms with van der Waals surface area (Å²) in [5.74, 6) is 0.863. The maximum atomic E-state index is 13.0. The number of nitrogens with zero attached hydrogens (tertiary/aromatic N) is 1. The van der Waals surface area contributed by atoms with Crippen LogP contribution in [0.4, 0.5) is 13.2 Å². The van der Waals surface area contributed by atoms with Gasteiger partial charge in [0, 0.05) is 28.7 Å². The van der Waals surface area contributed by atoms with Gasteiger partial charge in [-0.05, 0) is 35.9 Å². The molecule has 3 nitrogen and oxygen atoms in total. The number of benzene rings is 3. The summed E-state index contributed by atoms with van der Waals surface area (Å²) in [6, 6.07) is 20.7. The van der Waals surface area contributed by atoms with Crippen molar-refractivity contribution in [3.05, 3.63) is 95.3 Å². The third kappa shape index (κ3) is 4.33. The van der Waals surface area contributed by atoms with Crippen molar-refractivity contribution in [1.29, 1.82) is 0 Å². The third-order valence-corrected chi connectivity index (χ3v) is 6.11. The molecule has 3 aromatic carbocycles. The summed E-state index contributed by atoms with van der Waals surface area (Å²) in [5.41, 5.74) is 2.00. The molecular weight excluding hydrogens is 461 g/mol. The zero-order valence-corrected chi connectivity index (χ0v) is 18.8. The van der Waals surface area contributed by atoms with Crippen molar-refractivity contribution in [1.82, 2.24) is 9.97 Å². The molecule has 0 saturated carbocycles. The minimum Gasteiger partial charge on any atom is -0.493 e. The Hall–Kier alpha value is -3.51. The van der Waals surface area contributed by atoms with Gasteiger partial charge in [0.2, 0.25) is 0 Å². The van der Waals surface area contributed by atoms with E-state index in [2.05, 4.69) is 22.1 Å². The Kier molecular flexibility index (Phi) is 5.92. The molecule has 0 spiro atoms. The zero-order chi connectivity index (χ0) is 23.7. The largest absolute Gasteiger partial charge is 0.493 e. The number of aromatic amines is 1. The van der Waals surface area contributed by atoms with Gasteiger partial charge in [0.15, 0.2) is 0 Å². The summed E-state index contributed by atoms with van der Waals surface area (Å²) >= 11 is 6.19. The van der Waals surface area contributed by atoms with Crippen LogP contribution >= 0.6 is 11.6 Å². The van der Waals surface area contributed by atoms with Crippen molar-refractivity contribution in [2.45, 2.75) is 19.0 Å². The Bertz CT molecular complexity index is 1470. The van der Waals surface area contributed by atoms with E-state index in [1.807, 2.05) is 48.7 Å². The number of fused-ring (bicyclic) bond motifs is 2. The predicted octanol–water partition coefficient (Wildman–Crippen LogP) is 8.07. The second-order valence-electron chi connectivity index (χ2n) is 8.02. The van der Waals surface area contributed by atoms with Gasteiger partial charge in [-0.25, -0.2) is 0 Å². The number of rotatable bonds is 6. The minimum absolute atomic E-state index is 0.0398. The normalized spacial score (nSPS) is 11.9. The lowest BCUT2D eigenvalue weighted by Gasteiger charge is -2.10. The molecule has 0 unspecified atom stereocenters. The van der Waals surface area contributed by atoms with Crippen LogP contribution in [0.1, 0.15) is 17.5 Å². The summed E-state index contributed by atoms with van der Waals surface area (Å²) in [4.78, 5) is 7.26. The van der Waals surface area contributed by atoms with Gasteiger partial charge < -0.3 is 9.72 Å². The molecule has 0 fully saturated rings. The maximum Gasteiger partial charge on any atom is 0.417 e. The fraction of sp³-hybridized carbons (Fsp3) is 0.148. The van der Waals surface area contributed by atoms with Crippen molar-refractivity contribution in [3.63, 3.8) is 0 Å². The van der Waals surface area contributed by atoms with E-state index in [0.29, 0.717) is 17.9 Å². The van der Waals surface area contributed by atoms with Crippen molar-refractivity contribution in [3.8, 4) is 17.0 Å². The molecule has 34 heavy (non-hydrogen) atoms. The number of hydrogen-bond acceptors (Lipinski definition) is 2. The molecule has 1 N–H and O–H groups in total. The van der Waals surface area contributed by atoms with E-state index in [9.17, 15) is 13.2 Å². The van der Waals surface area contributed by atoms with Gasteiger partial charge in [0.25, 0.3) is 0 Å². The van der Waals surface area contributed by atoms with Crippen LogP contribution in [0, 0.1) is 0 Å². The van der Waals surface area contributed by atoms with Gasteiger partial charge >= 0.3 is 6.18 Å². The fourth-order valence-electron chi connectivity index (χ4n) is 4.17. The summed E-state index contributed by atoms with van der Waals surface area (Å²) in [6.45, 7) is 0.562. The quantitative estimate of drug-likeness (QED) is 0.249. The molecule has 5 aromatic rings. The number of hydrogen-bond donors (Lipinski definition) is 1. The van der Waals surface area contributed by atoms with E-state index in [-0.39, 0.29) is 5.02 Å². The average Bonchev–Trinajstić information content (AvgIpc) is 3.24. The lowest BCUT2D eigenvalue weighted by atomic mass is 10.0. The molecule has 0 saturated heterocycles. The van der Waals surface area contributed by atoms with Gasteiger partial charge in [-0.1, -0.05) is 66.2 Å². The Morgan fingerprint density at radius 1 is 0.941 bits per heavy atom. The summed E-state index contributed by atoms with van der Waals surface area (Å²) in [5, 5.41) is 3.17. The molecule has 0 aliphatic carbocycles. The summed E-state index contributed by atoms with van der Waals surface area (Å²) in [7, 11) is 0. The first-order valence-corrected chi connectivity index (χ1v) is 11.2. The number of para-hydroxylation sites is 1. The predicted molar refractivity (Wildman–Crippen MR) is 129 cm³/mol. The van der Waals surface area contributed by atoms with E-state index >= 15 is 0 Å². The van der Waals surface area contributed by atoms with E-state index < -0.39 is 11.7 Å². The first kappa shape index (κ1) is 22.3. The number of ether oxygens (including phenoxy) is 1. The van der Waals surface area contributed by atoms with Crippen LogP contribution < -0.4 is 4.74 Å². The third-order valence-electron chi connectivity index (χ3n) is 5.82. The van der Waals surface area contributed by atoms with Crippen LogP contribution in [0.15, 0.2) is 79.1 Å². The Morgan fingerprint density at radius 2 is 1.71 bits per heavy atom. The average molecular weight is 481 g/mol. The SMILES string of the molecule is FC(F)(F)c1cnc(-c2cccc3c(CCCOc4cccc5ccccc45)c[nH]c23)c(Cl)c1. The number of alkyl halides is 3. The van der Waals surface area contributed by atoms with Crippen LogP contribution in [0.25, 0.3) is 32.9 Å². The number of aromatic nitrogens is 2. The highest BCUT2D eigenvalue weighted by atomic mass is 35.5. The fourth-order valence-corrected chi connectivity index (χ4v) is 4.44. The van der Waals surface area contributed by atoms with Crippen LogP contribution in [-0.4, -0.2) is 16.6 Å². The van der Waals surface area contributed by atoms with Crippen molar-refractivity contribution < 1.29 is 17.9 Å². The maximum absolute atomic E-state index is 13.0. The highest BCUT2D eigenvalue weighted by Gasteiger charge is 2.31. The van der Waals surface area contributed by atoms with Gasteiger partial charge in [0.1, 0.15) is 5.75 Å². The number of nitrogens with one attached hydrogen (secondary N) is 1. The lowest BCUT2D eigenvalue weighted by Crippen LogP contribution is -2.05. The highest BCUT2D eigenvalue weighted by molar-refractivity contribution is 6.33. The molecule has 7 heteroatoms. The van der Waals surface area contributed by atoms with Crippen molar-refractivity contribution in [2.75, 3.05) is 6.61 Å². The molecule has 2 aromatic heterocycles. The molecule has 0 aliphatic rings. The number of halogens is 4. The summed E-state index contributed by atoms with van der Waals surface area (Å²) in [6.07, 6.45) is -0.171. The molecule has 5 rings (SSSR count). The smallest absolute Gasteiger partial charge is 0.417 e. The Balaban J connectivity index is 1.33. The first-order valence-electron chi connectivity index (χ1n) is 10.8. The number of H-pyrrole nitrogens is 1. The molecule has 0 bridgehead atoms. The van der Waals surface area contributed by atoms with Crippen LogP contribution in [-0.2, 0) is 12.6 Å². The lowest BCUT2D eigenvalue weighted by molar-refractivity contribution is -0.137. The Labute approximate surface area is 199 Å². The first-order chi connectivity index (χ1) is 16.4. The second-order valence-corrected chi connectivity index (χ2v) is 8.43. The molecular formula is C27H20ClF3N2O. The van der Waals surface area contributed by atoms with Crippen LogP contribution in [0.2, 0.25) is 5.02 Å². The van der Waals surface area contributed by atoms with E-state index in [0.717, 1.165) is 58.1 Å². The summed E-state index contributed by atoms with van der Waals surface area (Å²) < 4.78 is 45.0. The van der Waals surface area contributed by atoms with E-state index in [1.54, 1.807) is 6.07 Å². The Morgan fingerprint density at radius 3 is 2.53 bits per heavy atom. The van der Waals surface area contributed by atoms with E-state index in [1.165, 1.54) is 0 Å². The standard InChI is InChI=1S/C27H20ClF3N2O/c28-23-14-19(27(29,30)31)16-33-26(23)22-11-4-10-21-18(15-32-25(21)22)8-5-13-34-24-12-3-7-17-6-1-2-9-20(17)24/h1-4,6-7,9-12,14-16,32H,5,8,13H2. The van der Waals surface area contributed by atoms with Crippen molar-refractivity contribution >= 4 is 33.3 Å². The molecule has 2 heterocycles. The second kappa shape index (κ2) is 9.03. The molecule has 172 valence electrons.